The molecule has 3 aromatic rings. The second-order valence-electron chi connectivity index (χ2n) is 8.50. The standard InChI is InChI=1S/C30H36O2/c1-3-5-6-7-8-10-13-24-16-18-25(19-17-24)26-20-22-28(23-21-26)30(31)32-29(4-2)27-14-11-9-12-15-27/h9,11-12,14-23,29H,3-8,10,13H2,1-2H3. The number of benzene rings is 3. The van der Waals surface area contributed by atoms with Crippen LogP contribution in [0.15, 0.2) is 78.9 Å². The van der Waals surface area contributed by atoms with Crippen molar-refractivity contribution in [2.24, 2.45) is 0 Å². The Balaban J connectivity index is 1.54. The van der Waals surface area contributed by atoms with Gasteiger partial charge in [-0.2, -0.15) is 0 Å². The van der Waals surface area contributed by atoms with Crippen LogP contribution in [-0.2, 0) is 11.2 Å². The first-order valence-electron chi connectivity index (χ1n) is 12.2. The molecule has 32 heavy (non-hydrogen) atoms. The van der Waals surface area contributed by atoms with Crippen molar-refractivity contribution in [3.63, 3.8) is 0 Å². The van der Waals surface area contributed by atoms with E-state index in [-0.39, 0.29) is 12.1 Å². The Kier molecular flexibility index (Phi) is 9.56. The molecule has 0 heterocycles. The highest BCUT2D eigenvalue weighted by Gasteiger charge is 2.16. The second kappa shape index (κ2) is 12.9. The summed E-state index contributed by atoms with van der Waals surface area (Å²) in [5.74, 6) is -0.276. The van der Waals surface area contributed by atoms with Crippen LogP contribution in [0.3, 0.4) is 0 Å². The van der Waals surface area contributed by atoms with Crippen LogP contribution in [0.5, 0.6) is 0 Å². The highest BCUT2D eigenvalue weighted by molar-refractivity contribution is 5.90. The van der Waals surface area contributed by atoms with Crippen LogP contribution in [0.4, 0.5) is 0 Å². The van der Waals surface area contributed by atoms with Crippen molar-refractivity contribution in [2.75, 3.05) is 0 Å². The van der Waals surface area contributed by atoms with E-state index in [2.05, 4.69) is 31.2 Å². The third-order valence-corrected chi connectivity index (χ3v) is 6.02. The second-order valence-corrected chi connectivity index (χ2v) is 8.50. The van der Waals surface area contributed by atoms with Crippen LogP contribution in [0.25, 0.3) is 11.1 Å². The summed E-state index contributed by atoms with van der Waals surface area (Å²) in [7, 11) is 0. The van der Waals surface area contributed by atoms with Gasteiger partial charge in [0, 0.05) is 0 Å². The molecule has 0 aliphatic heterocycles. The molecule has 0 spiro atoms. The first-order valence-corrected chi connectivity index (χ1v) is 12.2. The SMILES string of the molecule is CCCCCCCCc1ccc(-c2ccc(C(=O)OC(CC)c3ccccc3)cc2)cc1. The zero-order valence-electron chi connectivity index (χ0n) is 19.6. The molecular weight excluding hydrogens is 392 g/mol. The number of hydrogen-bond donors (Lipinski definition) is 0. The lowest BCUT2D eigenvalue weighted by molar-refractivity contribution is 0.0288. The van der Waals surface area contributed by atoms with E-state index in [9.17, 15) is 4.79 Å². The molecule has 2 heteroatoms. The summed E-state index contributed by atoms with van der Waals surface area (Å²) < 4.78 is 5.76. The summed E-state index contributed by atoms with van der Waals surface area (Å²) in [4.78, 5) is 12.6. The van der Waals surface area contributed by atoms with Gasteiger partial charge in [0.15, 0.2) is 0 Å². The maximum atomic E-state index is 12.6. The van der Waals surface area contributed by atoms with E-state index in [0.717, 1.165) is 24.0 Å². The van der Waals surface area contributed by atoms with E-state index in [1.807, 2.05) is 61.5 Å². The molecule has 3 rings (SSSR count). The summed E-state index contributed by atoms with van der Waals surface area (Å²) in [5.41, 5.74) is 5.30. The fourth-order valence-corrected chi connectivity index (χ4v) is 4.02. The third-order valence-electron chi connectivity index (χ3n) is 6.02. The average Bonchev–Trinajstić information content (AvgIpc) is 2.85. The van der Waals surface area contributed by atoms with Crippen LogP contribution in [0.2, 0.25) is 0 Å². The lowest BCUT2D eigenvalue weighted by Gasteiger charge is -2.16. The normalized spacial score (nSPS) is 11.8. The van der Waals surface area contributed by atoms with Crippen LogP contribution in [0, 0.1) is 0 Å². The first kappa shape index (κ1) is 23.8. The van der Waals surface area contributed by atoms with Crippen LogP contribution >= 0.6 is 0 Å². The Morgan fingerprint density at radius 2 is 1.31 bits per heavy atom. The summed E-state index contributed by atoms with van der Waals surface area (Å²) >= 11 is 0. The van der Waals surface area contributed by atoms with Gasteiger partial charge in [0.25, 0.3) is 0 Å². The number of carbonyl (C=O) groups excluding carboxylic acids is 1. The highest BCUT2D eigenvalue weighted by Crippen LogP contribution is 2.24. The molecule has 0 saturated heterocycles. The van der Waals surface area contributed by atoms with Crippen molar-refractivity contribution >= 4 is 5.97 Å². The fourth-order valence-electron chi connectivity index (χ4n) is 4.02. The Labute approximate surface area is 193 Å². The molecule has 2 nitrogen and oxygen atoms in total. The molecule has 1 unspecified atom stereocenters. The van der Waals surface area contributed by atoms with Gasteiger partial charge in [0.1, 0.15) is 6.10 Å². The van der Waals surface area contributed by atoms with Crippen molar-refractivity contribution < 1.29 is 9.53 Å². The molecule has 0 fully saturated rings. The molecule has 0 N–H and O–H groups in total. The number of ether oxygens (including phenoxy) is 1. The van der Waals surface area contributed by atoms with Gasteiger partial charge >= 0.3 is 5.97 Å². The van der Waals surface area contributed by atoms with Gasteiger partial charge in [0.2, 0.25) is 0 Å². The van der Waals surface area contributed by atoms with Gasteiger partial charge in [-0.3, -0.25) is 0 Å². The fraction of sp³-hybridized carbons (Fsp3) is 0.367. The lowest BCUT2D eigenvalue weighted by Crippen LogP contribution is -2.11. The Morgan fingerprint density at radius 3 is 1.94 bits per heavy atom. The average molecular weight is 429 g/mol. The summed E-state index contributed by atoms with van der Waals surface area (Å²) in [6.45, 7) is 4.29. The van der Waals surface area contributed by atoms with Crippen LogP contribution in [0.1, 0.15) is 86.4 Å². The van der Waals surface area contributed by atoms with E-state index >= 15 is 0 Å². The summed E-state index contributed by atoms with van der Waals surface area (Å²) in [6.07, 6.45) is 9.64. The third kappa shape index (κ3) is 7.09. The van der Waals surface area contributed by atoms with Gasteiger partial charge in [-0.05, 0) is 53.6 Å². The predicted molar refractivity (Wildman–Crippen MR) is 134 cm³/mol. The van der Waals surface area contributed by atoms with Crippen molar-refractivity contribution in [1.29, 1.82) is 0 Å². The predicted octanol–water partition coefficient (Wildman–Crippen LogP) is 8.56. The summed E-state index contributed by atoms with van der Waals surface area (Å²) in [5, 5.41) is 0. The molecule has 0 aliphatic carbocycles. The molecule has 168 valence electrons. The molecular formula is C30H36O2. The van der Waals surface area contributed by atoms with Crippen molar-refractivity contribution in [1.82, 2.24) is 0 Å². The maximum absolute atomic E-state index is 12.6. The number of unbranched alkanes of at least 4 members (excludes halogenated alkanes) is 5. The van der Waals surface area contributed by atoms with E-state index < -0.39 is 0 Å². The van der Waals surface area contributed by atoms with Gasteiger partial charge in [-0.25, -0.2) is 4.79 Å². The largest absolute Gasteiger partial charge is 0.454 e. The molecule has 0 saturated carbocycles. The molecule has 0 radical (unpaired) electrons. The van der Waals surface area contributed by atoms with Gasteiger partial charge in [0.05, 0.1) is 5.56 Å². The lowest BCUT2D eigenvalue weighted by atomic mass is 10.00. The Morgan fingerprint density at radius 1 is 0.719 bits per heavy atom. The number of hydrogen-bond acceptors (Lipinski definition) is 2. The van der Waals surface area contributed by atoms with Gasteiger partial charge < -0.3 is 4.74 Å². The molecule has 3 aromatic carbocycles. The Bertz CT molecular complexity index is 927. The smallest absolute Gasteiger partial charge is 0.338 e. The van der Waals surface area contributed by atoms with E-state index in [4.69, 9.17) is 4.74 Å². The number of rotatable bonds is 12. The topological polar surface area (TPSA) is 26.3 Å². The first-order chi connectivity index (χ1) is 15.7. The zero-order chi connectivity index (χ0) is 22.6. The summed E-state index contributed by atoms with van der Waals surface area (Å²) in [6, 6.07) is 26.5. The zero-order valence-corrected chi connectivity index (χ0v) is 19.6. The van der Waals surface area contributed by atoms with E-state index in [0.29, 0.717) is 5.56 Å². The maximum Gasteiger partial charge on any atom is 0.338 e. The minimum atomic E-state index is -0.276. The monoisotopic (exact) mass is 428 g/mol. The molecule has 0 bridgehead atoms. The highest BCUT2D eigenvalue weighted by atomic mass is 16.5. The minimum Gasteiger partial charge on any atom is -0.454 e. The minimum absolute atomic E-state index is 0.220. The molecule has 0 amide bonds. The van der Waals surface area contributed by atoms with Gasteiger partial charge in [-0.15, -0.1) is 0 Å². The number of aryl methyl sites for hydroxylation is 1. The molecule has 1 atom stereocenters. The van der Waals surface area contributed by atoms with Crippen molar-refractivity contribution in [2.45, 2.75) is 71.3 Å². The van der Waals surface area contributed by atoms with E-state index in [1.54, 1.807) is 0 Å². The number of esters is 1. The molecule has 0 aromatic heterocycles. The van der Waals surface area contributed by atoms with Crippen molar-refractivity contribution in [3.05, 3.63) is 95.6 Å². The van der Waals surface area contributed by atoms with Crippen molar-refractivity contribution in [3.8, 4) is 11.1 Å². The number of carbonyl (C=O) groups is 1. The van der Waals surface area contributed by atoms with Gasteiger partial charge in [-0.1, -0.05) is 113 Å². The Hall–Kier alpha value is -2.87. The quantitative estimate of drug-likeness (QED) is 0.213. The molecule has 0 aliphatic rings. The van der Waals surface area contributed by atoms with Crippen LogP contribution < -0.4 is 0 Å². The van der Waals surface area contributed by atoms with Crippen LogP contribution in [-0.4, -0.2) is 5.97 Å². The van der Waals surface area contributed by atoms with E-state index in [1.165, 1.54) is 49.7 Å².